The third-order valence-corrected chi connectivity index (χ3v) is 6.78. The first-order valence-electron chi connectivity index (χ1n) is 5.89. The van der Waals surface area contributed by atoms with Crippen LogP contribution in [0.15, 0.2) is 6.20 Å². The molecular weight excluding hydrogens is 304 g/mol. The molecule has 1 aliphatic heterocycles. The third kappa shape index (κ3) is 2.94. The Hall–Kier alpha value is -1.60. The van der Waals surface area contributed by atoms with E-state index in [4.69, 9.17) is 5.26 Å². The standard InChI is InChI=1S/C10H14N4O4S2/c1-14-10(8(6-11)7-12-14)13-20(17,18)9-2-4-19(15,16)5-3-9/h7,9,13H,2-5H2,1H3. The summed E-state index contributed by atoms with van der Waals surface area (Å²) in [6, 6.07) is 1.85. The smallest absolute Gasteiger partial charge is 0.236 e. The molecule has 2 rings (SSSR count). The summed E-state index contributed by atoms with van der Waals surface area (Å²) in [4.78, 5) is 0. The fourth-order valence-electron chi connectivity index (χ4n) is 2.04. The fourth-order valence-corrected chi connectivity index (χ4v) is 5.36. The summed E-state index contributed by atoms with van der Waals surface area (Å²) in [6.45, 7) is 0. The van der Waals surface area contributed by atoms with Gasteiger partial charge in [-0.25, -0.2) is 16.8 Å². The van der Waals surface area contributed by atoms with Crippen LogP contribution in [0.1, 0.15) is 18.4 Å². The molecule has 110 valence electrons. The first-order valence-corrected chi connectivity index (χ1v) is 9.26. The lowest BCUT2D eigenvalue weighted by Crippen LogP contribution is -2.36. The van der Waals surface area contributed by atoms with Crippen molar-refractivity contribution in [3.8, 4) is 6.07 Å². The van der Waals surface area contributed by atoms with Gasteiger partial charge in [-0.15, -0.1) is 0 Å². The van der Waals surface area contributed by atoms with Crippen LogP contribution in [-0.2, 0) is 26.9 Å². The fraction of sp³-hybridized carbons (Fsp3) is 0.600. The predicted octanol–water partition coefficient (Wildman–Crippen LogP) is -0.389. The second-order valence-corrected chi connectivity index (χ2v) is 8.90. The van der Waals surface area contributed by atoms with E-state index < -0.39 is 25.1 Å². The Morgan fingerprint density at radius 1 is 1.45 bits per heavy atom. The molecule has 0 unspecified atom stereocenters. The lowest BCUT2D eigenvalue weighted by molar-refractivity contribution is 0.555. The van der Waals surface area contributed by atoms with Gasteiger partial charge in [0.15, 0.2) is 5.82 Å². The Labute approximate surface area is 117 Å². The molecule has 0 amide bonds. The van der Waals surface area contributed by atoms with Crippen molar-refractivity contribution in [2.75, 3.05) is 16.2 Å². The Kier molecular flexibility index (Phi) is 3.75. The van der Waals surface area contributed by atoms with E-state index >= 15 is 0 Å². The lowest BCUT2D eigenvalue weighted by atomic mass is 10.2. The third-order valence-electron chi connectivity index (χ3n) is 3.24. The molecule has 1 N–H and O–H groups in total. The molecule has 1 aromatic rings. The second kappa shape index (κ2) is 5.06. The van der Waals surface area contributed by atoms with Crippen LogP contribution >= 0.6 is 0 Å². The second-order valence-electron chi connectivity index (χ2n) is 4.64. The molecule has 1 aromatic heterocycles. The number of nitrogens with zero attached hydrogens (tertiary/aromatic N) is 3. The Morgan fingerprint density at radius 3 is 2.60 bits per heavy atom. The van der Waals surface area contributed by atoms with Gasteiger partial charge in [0, 0.05) is 7.05 Å². The number of sulfonamides is 1. The summed E-state index contributed by atoms with van der Waals surface area (Å²) < 4.78 is 50.7. The number of anilines is 1. The number of hydrogen-bond acceptors (Lipinski definition) is 6. The lowest BCUT2D eigenvalue weighted by Gasteiger charge is -2.22. The van der Waals surface area contributed by atoms with Crippen molar-refractivity contribution >= 4 is 25.7 Å². The van der Waals surface area contributed by atoms with E-state index in [-0.39, 0.29) is 35.7 Å². The van der Waals surface area contributed by atoms with E-state index in [1.165, 1.54) is 17.9 Å². The summed E-state index contributed by atoms with van der Waals surface area (Å²) in [5.41, 5.74) is 0.125. The normalized spacial score (nSPS) is 19.4. The maximum absolute atomic E-state index is 12.2. The van der Waals surface area contributed by atoms with Gasteiger partial charge in [-0.1, -0.05) is 0 Å². The number of nitrogens with one attached hydrogen (secondary N) is 1. The Balaban J connectivity index is 2.20. The van der Waals surface area contributed by atoms with E-state index in [1.54, 1.807) is 0 Å². The van der Waals surface area contributed by atoms with Gasteiger partial charge in [-0.2, -0.15) is 10.4 Å². The average Bonchev–Trinajstić information content (AvgIpc) is 2.69. The SMILES string of the molecule is Cn1ncc(C#N)c1NS(=O)(=O)C1CCS(=O)(=O)CC1. The number of aromatic nitrogens is 2. The van der Waals surface area contributed by atoms with Crippen molar-refractivity contribution in [3.05, 3.63) is 11.8 Å². The van der Waals surface area contributed by atoms with E-state index in [0.717, 1.165) is 0 Å². The molecule has 2 heterocycles. The molecule has 1 aliphatic rings. The van der Waals surface area contributed by atoms with Crippen LogP contribution in [0.2, 0.25) is 0 Å². The van der Waals surface area contributed by atoms with Crippen LogP contribution in [0.25, 0.3) is 0 Å². The molecule has 1 fully saturated rings. The zero-order valence-electron chi connectivity index (χ0n) is 10.8. The molecule has 8 nitrogen and oxygen atoms in total. The van der Waals surface area contributed by atoms with Crippen molar-refractivity contribution < 1.29 is 16.8 Å². The highest BCUT2D eigenvalue weighted by Gasteiger charge is 2.33. The van der Waals surface area contributed by atoms with Crippen LogP contribution in [0.4, 0.5) is 5.82 Å². The van der Waals surface area contributed by atoms with E-state index in [0.29, 0.717) is 0 Å². The first-order chi connectivity index (χ1) is 9.25. The number of aryl methyl sites for hydroxylation is 1. The summed E-state index contributed by atoms with van der Waals surface area (Å²) in [6.07, 6.45) is 1.40. The van der Waals surface area contributed by atoms with Crippen molar-refractivity contribution in [1.82, 2.24) is 9.78 Å². The minimum atomic E-state index is -3.74. The van der Waals surface area contributed by atoms with Gasteiger partial charge in [-0.05, 0) is 12.8 Å². The van der Waals surface area contributed by atoms with Crippen LogP contribution < -0.4 is 4.72 Å². The van der Waals surface area contributed by atoms with Gasteiger partial charge in [0.1, 0.15) is 21.5 Å². The van der Waals surface area contributed by atoms with Crippen molar-refractivity contribution in [1.29, 1.82) is 5.26 Å². The number of hydrogen-bond donors (Lipinski definition) is 1. The first kappa shape index (κ1) is 14.8. The van der Waals surface area contributed by atoms with Gasteiger partial charge in [0.05, 0.1) is 23.0 Å². The van der Waals surface area contributed by atoms with Crippen LogP contribution in [0, 0.1) is 11.3 Å². The summed E-state index contributed by atoms with van der Waals surface area (Å²) in [7, 11) is -5.34. The largest absolute Gasteiger partial charge is 0.266 e. The highest BCUT2D eigenvalue weighted by atomic mass is 32.2. The van der Waals surface area contributed by atoms with Crippen molar-refractivity contribution in [2.45, 2.75) is 18.1 Å². The van der Waals surface area contributed by atoms with E-state index in [2.05, 4.69) is 9.82 Å². The molecular formula is C10H14N4O4S2. The van der Waals surface area contributed by atoms with Gasteiger partial charge in [0.25, 0.3) is 0 Å². The van der Waals surface area contributed by atoms with Crippen molar-refractivity contribution in [2.24, 2.45) is 7.05 Å². The maximum Gasteiger partial charge on any atom is 0.236 e. The minimum Gasteiger partial charge on any atom is -0.266 e. The molecule has 0 aliphatic carbocycles. The Bertz CT molecular complexity index is 744. The zero-order valence-corrected chi connectivity index (χ0v) is 12.4. The van der Waals surface area contributed by atoms with Gasteiger partial charge < -0.3 is 0 Å². The molecule has 20 heavy (non-hydrogen) atoms. The zero-order chi connectivity index (χ0) is 15.0. The monoisotopic (exact) mass is 318 g/mol. The topological polar surface area (TPSA) is 122 Å². The van der Waals surface area contributed by atoms with Gasteiger partial charge in [0.2, 0.25) is 10.0 Å². The van der Waals surface area contributed by atoms with E-state index in [1.807, 2.05) is 6.07 Å². The predicted molar refractivity (Wildman–Crippen MR) is 72.1 cm³/mol. The van der Waals surface area contributed by atoms with Gasteiger partial charge >= 0.3 is 0 Å². The molecule has 0 radical (unpaired) electrons. The average molecular weight is 318 g/mol. The summed E-state index contributed by atoms with van der Waals surface area (Å²) in [5.74, 6) is -0.162. The van der Waals surface area contributed by atoms with Crippen LogP contribution in [0.5, 0.6) is 0 Å². The summed E-state index contributed by atoms with van der Waals surface area (Å²) in [5, 5.41) is 11.9. The van der Waals surface area contributed by atoms with Gasteiger partial charge in [-0.3, -0.25) is 9.40 Å². The number of sulfone groups is 1. The van der Waals surface area contributed by atoms with Crippen LogP contribution in [0.3, 0.4) is 0 Å². The van der Waals surface area contributed by atoms with E-state index in [9.17, 15) is 16.8 Å². The molecule has 1 saturated heterocycles. The minimum absolute atomic E-state index is 0.0669. The molecule has 0 spiro atoms. The molecule has 10 heteroatoms. The maximum atomic E-state index is 12.2. The highest BCUT2D eigenvalue weighted by molar-refractivity contribution is 7.94. The molecule has 0 bridgehead atoms. The summed E-state index contributed by atoms with van der Waals surface area (Å²) >= 11 is 0. The molecule has 0 saturated carbocycles. The number of nitriles is 1. The molecule has 0 atom stereocenters. The van der Waals surface area contributed by atoms with Crippen LogP contribution in [-0.4, -0.2) is 43.4 Å². The Morgan fingerprint density at radius 2 is 2.05 bits per heavy atom. The molecule has 0 aromatic carbocycles. The quantitative estimate of drug-likeness (QED) is 0.810. The highest BCUT2D eigenvalue weighted by Crippen LogP contribution is 2.23. The number of rotatable bonds is 3. The van der Waals surface area contributed by atoms with Crippen molar-refractivity contribution in [3.63, 3.8) is 0 Å².